The van der Waals surface area contributed by atoms with Crippen molar-refractivity contribution in [1.29, 1.82) is 0 Å². The lowest BCUT2D eigenvalue weighted by molar-refractivity contribution is -0.140. The third-order valence-electron chi connectivity index (χ3n) is 7.32. The van der Waals surface area contributed by atoms with Crippen LogP contribution in [0, 0.1) is 11.8 Å². The minimum atomic E-state index is -1.77. The summed E-state index contributed by atoms with van der Waals surface area (Å²) in [4.78, 5) is 11.6. The molecule has 38 heavy (non-hydrogen) atoms. The Morgan fingerprint density at radius 2 is 1.24 bits per heavy atom. The summed E-state index contributed by atoms with van der Waals surface area (Å²) in [6.07, 6.45) is 15.3. The highest BCUT2D eigenvalue weighted by molar-refractivity contribution is 6.70. The summed E-state index contributed by atoms with van der Waals surface area (Å²) >= 11 is 0. The summed E-state index contributed by atoms with van der Waals surface area (Å²) in [6, 6.07) is 0. The number of carbonyl (C=O) groups excluding carboxylic acids is 1. The average Bonchev–Trinajstić information content (AvgIpc) is 3.17. The van der Waals surface area contributed by atoms with Crippen molar-refractivity contribution in [1.82, 2.24) is 0 Å². The van der Waals surface area contributed by atoms with Crippen LogP contribution in [-0.4, -0.2) is 56.3 Å². The van der Waals surface area contributed by atoms with Gasteiger partial charge in [0, 0.05) is 18.4 Å². The Bertz CT molecular complexity index is 654. The highest BCUT2D eigenvalue weighted by Gasteiger charge is 2.48. The zero-order valence-corrected chi connectivity index (χ0v) is 30.1. The molecule has 0 spiro atoms. The van der Waals surface area contributed by atoms with Crippen molar-refractivity contribution in [2.75, 3.05) is 7.11 Å². The fourth-order valence-corrected chi connectivity index (χ4v) is 9.57. The third-order valence-corrected chi connectivity index (χ3v) is 10.3. The molecule has 1 aliphatic carbocycles. The maximum Gasteiger partial charge on any atom is 0.305 e. The second-order valence-corrected chi connectivity index (χ2v) is 27.9. The van der Waals surface area contributed by atoms with Crippen LogP contribution in [0.1, 0.15) is 90.4 Å². The topological polar surface area (TPSA) is 54.0 Å². The summed E-state index contributed by atoms with van der Waals surface area (Å²) in [7, 11) is -3.71. The van der Waals surface area contributed by atoms with E-state index in [1.165, 1.54) is 45.6 Å². The lowest BCUT2D eigenvalue weighted by Gasteiger charge is -2.42. The molecule has 3 unspecified atom stereocenters. The standard InChI is InChI=1S/C30H64O5Si3/c1-12-13-14-15-17-20-26(33-36(3,4)5)25-23-24-28(35-38(9,10)11)30(25)27(34-37(6,7)8)21-18-16-19-22-29(31)32-2/h25-28,30H,12-24H2,1-11H3/t25-,26?,27?,28?,30+/m1/s1. The molecule has 0 N–H and O–H groups in total. The van der Waals surface area contributed by atoms with Gasteiger partial charge < -0.3 is 18.0 Å². The van der Waals surface area contributed by atoms with Crippen LogP contribution in [-0.2, 0) is 22.8 Å². The van der Waals surface area contributed by atoms with E-state index in [1.807, 2.05) is 0 Å². The van der Waals surface area contributed by atoms with Crippen molar-refractivity contribution < 1.29 is 22.8 Å². The predicted octanol–water partition coefficient (Wildman–Crippen LogP) is 9.16. The number of methoxy groups -OCH3 is 1. The molecule has 0 amide bonds. The number of unbranched alkanes of at least 4 members (excludes halogenated alkanes) is 6. The van der Waals surface area contributed by atoms with Crippen LogP contribution in [0.25, 0.3) is 0 Å². The van der Waals surface area contributed by atoms with Gasteiger partial charge in [-0.05, 0) is 96.9 Å². The van der Waals surface area contributed by atoms with Gasteiger partial charge in [0.1, 0.15) is 0 Å². The van der Waals surface area contributed by atoms with Crippen LogP contribution in [0.2, 0.25) is 58.9 Å². The van der Waals surface area contributed by atoms with E-state index in [0.29, 0.717) is 24.4 Å². The van der Waals surface area contributed by atoms with Crippen LogP contribution < -0.4 is 0 Å². The van der Waals surface area contributed by atoms with E-state index >= 15 is 0 Å². The normalized spacial score (nSPS) is 22.4. The monoisotopic (exact) mass is 588 g/mol. The van der Waals surface area contributed by atoms with E-state index in [0.717, 1.165) is 38.5 Å². The summed E-state index contributed by atoms with van der Waals surface area (Å²) in [6.45, 7) is 23.2. The average molecular weight is 589 g/mol. The number of esters is 1. The highest BCUT2D eigenvalue weighted by atomic mass is 28.4. The van der Waals surface area contributed by atoms with Gasteiger partial charge in [-0.15, -0.1) is 0 Å². The zero-order chi connectivity index (χ0) is 29.0. The van der Waals surface area contributed by atoms with Crippen molar-refractivity contribution in [3.8, 4) is 0 Å². The van der Waals surface area contributed by atoms with Crippen LogP contribution in [0.15, 0.2) is 0 Å². The Morgan fingerprint density at radius 1 is 0.711 bits per heavy atom. The molecule has 0 aromatic rings. The van der Waals surface area contributed by atoms with E-state index in [1.54, 1.807) is 0 Å². The molecule has 226 valence electrons. The van der Waals surface area contributed by atoms with E-state index in [-0.39, 0.29) is 18.2 Å². The molecule has 1 saturated carbocycles. The lowest BCUT2D eigenvalue weighted by atomic mass is 9.82. The molecule has 0 heterocycles. The summed E-state index contributed by atoms with van der Waals surface area (Å²) < 4.78 is 25.8. The van der Waals surface area contributed by atoms with Crippen LogP contribution in [0.4, 0.5) is 0 Å². The van der Waals surface area contributed by atoms with Crippen molar-refractivity contribution >= 4 is 30.9 Å². The Hall–Kier alpha value is 0.000649. The Labute approximate surface area is 239 Å². The molecule has 1 aliphatic rings. The SMILES string of the molecule is CCCCCCCC(O[Si](C)(C)C)[C@H]1CCC(O[Si](C)(C)C)[C@@H]1C(CCCCCC(=O)OC)O[Si](C)(C)C. The summed E-state index contributed by atoms with van der Waals surface area (Å²) in [5.74, 6) is 0.765. The third kappa shape index (κ3) is 15.7. The van der Waals surface area contributed by atoms with Gasteiger partial charge in [0.25, 0.3) is 0 Å². The Morgan fingerprint density at radius 3 is 1.76 bits per heavy atom. The van der Waals surface area contributed by atoms with Crippen LogP contribution in [0.5, 0.6) is 0 Å². The van der Waals surface area contributed by atoms with Gasteiger partial charge in [-0.1, -0.05) is 51.9 Å². The second-order valence-electron chi connectivity index (χ2n) is 14.5. The van der Waals surface area contributed by atoms with Crippen molar-refractivity contribution in [3.05, 3.63) is 0 Å². The van der Waals surface area contributed by atoms with Gasteiger partial charge in [-0.2, -0.15) is 0 Å². The minimum absolute atomic E-state index is 0.107. The minimum Gasteiger partial charge on any atom is -0.469 e. The fraction of sp³-hybridized carbons (Fsp3) is 0.967. The fourth-order valence-electron chi connectivity index (χ4n) is 6.00. The molecular formula is C30H64O5Si3. The molecule has 0 aliphatic heterocycles. The second kappa shape index (κ2) is 17.1. The van der Waals surface area contributed by atoms with E-state index in [2.05, 4.69) is 65.8 Å². The first-order chi connectivity index (χ1) is 17.6. The quantitative estimate of drug-likeness (QED) is 0.0806. The highest BCUT2D eigenvalue weighted by Crippen LogP contribution is 2.45. The molecular weight excluding hydrogens is 525 g/mol. The van der Waals surface area contributed by atoms with Crippen molar-refractivity contribution in [3.63, 3.8) is 0 Å². The number of rotatable bonds is 20. The van der Waals surface area contributed by atoms with Crippen LogP contribution in [0.3, 0.4) is 0 Å². The van der Waals surface area contributed by atoms with Gasteiger partial charge in [0.15, 0.2) is 25.0 Å². The first kappa shape index (κ1) is 36.0. The van der Waals surface area contributed by atoms with Gasteiger partial charge >= 0.3 is 5.97 Å². The largest absolute Gasteiger partial charge is 0.469 e. The van der Waals surface area contributed by atoms with E-state index in [4.69, 9.17) is 18.0 Å². The van der Waals surface area contributed by atoms with Gasteiger partial charge in [0.2, 0.25) is 0 Å². The van der Waals surface area contributed by atoms with Gasteiger partial charge in [-0.25, -0.2) is 0 Å². The van der Waals surface area contributed by atoms with Crippen LogP contribution >= 0.6 is 0 Å². The molecule has 5 atom stereocenters. The maximum absolute atomic E-state index is 11.6. The van der Waals surface area contributed by atoms with E-state index in [9.17, 15) is 4.79 Å². The molecule has 0 radical (unpaired) electrons. The summed E-state index contributed by atoms with van der Waals surface area (Å²) in [5.41, 5.74) is 0. The molecule has 1 rings (SSSR count). The zero-order valence-electron chi connectivity index (χ0n) is 27.1. The predicted molar refractivity (Wildman–Crippen MR) is 169 cm³/mol. The molecule has 1 fully saturated rings. The molecule has 8 heteroatoms. The molecule has 0 bridgehead atoms. The molecule has 0 aromatic heterocycles. The molecule has 0 aromatic carbocycles. The number of ether oxygens (including phenoxy) is 1. The lowest BCUT2D eigenvalue weighted by Crippen LogP contribution is -2.48. The molecule has 0 saturated heterocycles. The maximum atomic E-state index is 11.6. The van der Waals surface area contributed by atoms with Gasteiger partial charge in [-0.3, -0.25) is 4.79 Å². The smallest absolute Gasteiger partial charge is 0.305 e. The first-order valence-electron chi connectivity index (χ1n) is 15.7. The number of hydrogen-bond donors (Lipinski definition) is 0. The number of hydrogen-bond acceptors (Lipinski definition) is 5. The van der Waals surface area contributed by atoms with Crippen molar-refractivity contribution in [2.24, 2.45) is 11.8 Å². The Balaban J connectivity index is 3.18. The summed E-state index contributed by atoms with van der Waals surface area (Å²) in [5, 5.41) is 0. The van der Waals surface area contributed by atoms with Gasteiger partial charge in [0.05, 0.1) is 19.3 Å². The van der Waals surface area contributed by atoms with E-state index < -0.39 is 25.0 Å². The molecule has 5 nitrogen and oxygen atoms in total. The Kier molecular flexibility index (Phi) is 16.2. The first-order valence-corrected chi connectivity index (χ1v) is 25.9. The number of carbonyl (C=O) groups is 1. The van der Waals surface area contributed by atoms with Crippen molar-refractivity contribution in [2.45, 2.75) is 168 Å².